The predicted octanol–water partition coefficient (Wildman–Crippen LogP) is 6.61. The molecule has 1 heterocycles. The maximum Gasteiger partial charge on any atom is 0.266 e. The average molecular weight is 555 g/mol. The number of hydrogen-bond donors (Lipinski definition) is 0. The number of carbonyl (C=O) groups is 1. The highest BCUT2D eigenvalue weighted by Crippen LogP contribution is 2.35. The minimum atomic E-state index is 0.00692. The number of ether oxygens (including phenoxy) is 1. The van der Waals surface area contributed by atoms with Crippen molar-refractivity contribution in [1.29, 1.82) is 0 Å². The van der Waals surface area contributed by atoms with Crippen molar-refractivity contribution < 1.29 is 9.53 Å². The van der Waals surface area contributed by atoms with Crippen molar-refractivity contribution in [2.75, 3.05) is 0 Å². The van der Waals surface area contributed by atoms with Gasteiger partial charge in [0.1, 0.15) is 12.4 Å². The summed E-state index contributed by atoms with van der Waals surface area (Å²) >= 11 is 9.63. The number of nitrogens with zero attached hydrogens (tertiary/aromatic N) is 2. The molecule has 0 N–H and O–H groups in total. The fourth-order valence-corrected chi connectivity index (χ4v) is 4.92. The van der Waals surface area contributed by atoms with Crippen LogP contribution in [0.3, 0.4) is 0 Å². The van der Waals surface area contributed by atoms with Gasteiger partial charge in [0.2, 0.25) is 0 Å². The summed E-state index contributed by atoms with van der Waals surface area (Å²) in [4.78, 5) is 20.0. The van der Waals surface area contributed by atoms with E-state index in [1.165, 1.54) is 11.8 Å². The molecule has 0 radical (unpaired) electrons. The quantitative estimate of drug-likeness (QED) is 0.298. The first-order chi connectivity index (χ1) is 14.2. The number of rotatable bonds is 6. The topological polar surface area (TPSA) is 41.9 Å². The first-order valence-electron chi connectivity index (χ1n) is 9.72. The van der Waals surface area contributed by atoms with Gasteiger partial charge < -0.3 is 4.74 Å². The van der Waals surface area contributed by atoms with Gasteiger partial charge in [-0.1, -0.05) is 29.8 Å². The van der Waals surface area contributed by atoms with E-state index in [0.29, 0.717) is 16.5 Å². The van der Waals surface area contributed by atoms with E-state index in [4.69, 9.17) is 16.3 Å². The van der Waals surface area contributed by atoms with Crippen molar-refractivity contribution in [3.63, 3.8) is 0 Å². The molecule has 2 aromatic carbocycles. The molecule has 1 aliphatic rings. The van der Waals surface area contributed by atoms with E-state index in [-0.39, 0.29) is 18.0 Å². The Bertz CT molecular complexity index is 987. The number of aliphatic imine (C=N–C) groups is 1. The number of halogens is 2. The number of benzene rings is 2. The Hall–Kier alpha value is -1.51. The van der Waals surface area contributed by atoms with Crippen LogP contribution >= 0.6 is 46.0 Å². The molecule has 4 nitrogen and oxygen atoms in total. The lowest BCUT2D eigenvalue weighted by molar-refractivity contribution is -0.123. The molecular weight excluding hydrogens is 531 g/mol. The molecular formula is C23H24ClIN2O2S. The number of amides is 1. The molecule has 1 amide bonds. The van der Waals surface area contributed by atoms with Crippen LogP contribution in [0.15, 0.2) is 52.4 Å². The van der Waals surface area contributed by atoms with Crippen molar-refractivity contribution in [2.24, 2.45) is 4.99 Å². The van der Waals surface area contributed by atoms with Crippen LogP contribution in [0.5, 0.6) is 5.75 Å². The summed E-state index contributed by atoms with van der Waals surface area (Å²) in [5.41, 5.74) is 2.02. The van der Waals surface area contributed by atoms with Gasteiger partial charge in [0.25, 0.3) is 5.91 Å². The summed E-state index contributed by atoms with van der Waals surface area (Å²) in [6.07, 6.45) is 1.93. The molecule has 0 aliphatic carbocycles. The van der Waals surface area contributed by atoms with E-state index in [2.05, 4.69) is 27.6 Å². The standard InChI is InChI=1S/C23H24ClIN2O2S/c1-14(2)26-23-27(15(3)4)22(28)21(30-23)12-17-7-10-20(19(25)11-17)29-13-16-5-8-18(24)9-6-16/h5-12,14-15H,13H2,1-4H3/b21-12+,26-23?. The molecule has 0 spiro atoms. The lowest BCUT2D eigenvalue weighted by Crippen LogP contribution is -2.35. The monoisotopic (exact) mass is 554 g/mol. The van der Waals surface area contributed by atoms with E-state index in [9.17, 15) is 4.79 Å². The molecule has 0 bridgehead atoms. The Morgan fingerprint density at radius 1 is 1.17 bits per heavy atom. The van der Waals surface area contributed by atoms with E-state index < -0.39 is 0 Å². The zero-order valence-electron chi connectivity index (χ0n) is 17.4. The molecule has 30 heavy (non-hydrogen) atoms. The van der Waals surface area contributed by atoms with Crippen LogP contribution in [0.25, 0.3) is 6.08 Å². The Morgan fingerprint density at radius 2 is 1.87 bits per heavy atom. The van der Waals surface area contributed by atoms with Gasteiger partial charge in [0, 0.05) is 17.1 Å². The lowest BCUT2D eigenvalue weighted by Gasteiger charge is -2.20. The number of hydrogen-bond acceptors (Lipinski definition) is 4. The average Bonchev–Trinajstić information content (AvgIpc) is 2.96. The van der Waals surface area contributed by atoms with Crippen molar-refractivity contribution in [1.82, 2.24) is 4.90 Å². The molecule has 1 saturated heterocycles. The van der Waals surface area contributed by atoms with Crippen molar-refractivity contribution in [3.8, 4) is 5.75 Å². The molecule has 2 aromatic rings. The molecule has 158 valence electrons. The van der Waals surface area contributed by atoms with E-state index in [1.807, 2.05) is 76.2 Å². The summed E-state index contributed by atoms with van der Waals surface area (Å²) in [5, 5.41) is 1.48. The summed E-state index contributed by atoms with van der Waals surface area (Å²) in [5.74, 6) is 0.816. The first-order valence-corrected chi connectivity index (χ1v) is 12.0. The minimum absolute atomic E-state index is 0.00692. The SMILES string of the molecule is CC(C)N=C1S/C(=C/c2ccc(OCc3ccc(Cl)cc3)c(I)c2)C(=O)N1C(C)C. The van der Waals surface area contributed by atoms with Crippen LogP contribution in [-0.2, 0) is 11.4 Å². The van der Waals surface area contributed by atoms with Crippen LogP contribution in [0, 0.1) is 3.57 Å². The van der Waals surface area contributed by atoms with Gasteiger partial charge in [0.05, 0.1) is 8.48 Å². The Morgan fingerprint density at radius 3 is 2.47 bits per heavy atom. The number of thioether (sulfide) groups is 1. The van der Waals surface area contributed by atoms with Crippen molar-refractivity contribution in [2.45, 2.75) is 46.4 Å². The summed E-state index contributed by atoms with van der Waals surface area (Å²) < 4.78 is 6.94. The molecule has 7 heteroatoms. The van der Waals surface area contributed by atoms with Gasteiger partial charge in [-0.05, 0) is 104 Å². The highest BCUT2D eigenvalue weighted by atomic mass is 127. The second-order valence-electron chi connectivity index (χ2n) is 7.49. The molecule has 3 rings (SSSR count). The van der Waals surface area contributed by atoms with E-state index >= 15 is 0 Å². The smallest absolute Gasteiger partial charge is 0.266 e. The normalized spacial score (nSPS) is 17.1. The Labute approximate surface area is 200 Å². The minimum Gasteiger partial charge on any atom is -0.488 e. The van der Waals surface area contributed by atoms with E-state index in [1.54, 1.807) is 4.90 Å². The molecule has 1 fully saturated rings. The van der Waals surface area contributed by atoms with Crippen molar-refractivity contribution in [3.05, 3.63) is 67.1 Å². The van der Waals surface area contributed by atoms with Crippen LogP contribution in [0.4, 0.5) is 0 Å². The van der Waals surface area contributed by atoms with Gasteiger partial charge in [-0.2, -0.15) is 0 Å². The Balaban J connectivity index is 1.76. The summed E-state index contributed by atoms with van der Waals surface area (Å²) in [6, 6.07) is 13.8. The number of carbonyl (C=O) groups excluding carboxylic acids is 1. The maximum absolute atomic E-state index is 12.9. The first kappa shape index (κ1) is 23.2. The fraction of sp³-hybridized carbons (Fsp3) is 0.304. The third-order valence-corrected chi connectivity index (χ3v) is 6.38. The molecule has 0 saturated carbocycles. The van der Waals surface area contributed by atoms with Gasteiger partial charge in [0.15, 0.2) is 5.17 Å². The second-order valence-corrected chi connectivity index (χ2v) is 10.1. The van der Waals surface area contributed by atoms with Crippen LogP contribution in [-0.4, -0.2) is 28.1 Å². The highest BCUT2D eigenvalue weighted by molar-refractivity contribution is 14.1. The predicted molar refractivity (Wildman–Crippen MR) is 135 cm³/mol. The van der Waals surface area contributed by atoms with E-state index in [0.717, 1.165) is 25.6 Å². The summed E-state index contributed by atoms with van der Waals surface area (Å²) in [7, 11) is 0. The molecule has 0 atom stereocenters. The number of amidine groups is 1. The van der Waals surface area contributed by atoms with Crippen LogP contribution in [0.2, 0.25) is 5.02 Å². The lowest BCUT2D eigenvalue weighted by atomic mass is 10.2. The zero-order chi connectivity index (χ0) is 21.8. The highest BCUT2D eigenvalue weighted by Gasteiger charge is 2.35. The van der Waals surface area contributed by atoms with Gasteiger partial charge >= 0.3 is 0 Å². The summed E-state index contributed by atoms with van der Waals surface area (Å²) in [6.45, 7) is 8.52. The molecule has 0 unspecified atom stereocenters. The largest absolute Gasteiger partial charge is 0.488 e. The van der Waals surface area contributed by atoms with Crippen molar-refractivity contribution >= 4 is 63.1 Å². The van der Waals surface area contributed by atoms with Crippen LogP contribution < -0.4 is 4.74 Å². The fourth-order valence-electron chi connectivity index (χ4n) is 2.87. The zero-order valence-corrected chi connectivity index (χ0v) is 21.1. The third-order valence-electron chi connectivity index (χ3n) is 4.28. The third kappa shape index (κ3) is 5.80. The molecule has 1 aliphatic heterocycles. The Kier molecular flexibility index (Phi) is 7.87. The van der Waals surface area contributed by atoms with Crippen LogP contribution in [0.1, 0.15) is 38.8 Å². The molecule has 0 aromatic heterocycles. The maximum atomic E-state index is 12.9. The van der Waals surface area contributed by atoms with Gasteiger partial charge in [-0.3, -0.25) is 14.7 Å². The second kappa shape index (κ2) is 10.2. The van der Waals surface area contributed by atoms with Gasteiger partial charge in [-0.15, -0.1) is 0 Å². The van der Waals surface area contributed by atoms with Gasteiger partial charge in [-0.25, -0.2) is 0 Å².